The van der Waals surface area contributed by atoms with Gasteiger partial charge in [0.1, 0.15) is 0 Å². The van der Waals surface area contributed by atoms with Crippen LogP contribution in [0.2, 0.25) is 0 Å². The lowest BCUT2D eigenvalue weighted by Gasteiger charge is -2.28. The van der Waals surface area contributed by atoms with Gasteiger partial charge in [-0.1, -0.05) is 188 Å². The highest BCUT2D eigenvalue weighted by Gasteiger charge is 2.19. The summed E-state index contributed by atoms with van der Waals surface area (Å²) in [4.78, 5) is 2.40. The van der Waals surface area contributed by atoms with Crippen molar-refractivity contribution in [2.24, 2.45) is 0 Å². The molecule has 300 valence electrons. The number of rotatable bonds is 8. The smallest absolute Gasteiger partial charge is 0.0541 e. The SMILES string of the molecule is c1cc(-c2ccc(N(c3ccc(-c4ccc(-c5ccc6ccccc6c5)cc4)cc3)c3ccccc3-c3ccc4ccccc4c3)cc2)cc(-n2c3ccccc3c3ccccc32)c1. The van der Waals surface area contributed by atoms with Gasteiger partial charge in [0, 0.05) is 33.4 Å². The van der Waals surface area contributed by atoms with Crippen LogP contribution in [0.25, 0.3) is 93.5 Å². The third kappa shape index (κ3) is 6.70. The molecule has 0 bridgehead atoms. The molecule has 0 aliphatic carbocycles. The second-order valence-corrected chi connectivity index (χ2v) is 16.6. The van der Waals surface area contributed by atoms with E-state index in [1.54, 1.807) is 0 Å². The van der Waals surface area contributed by atoms with E-state index in [9.17, 15) is 0 Å². The topological polar surface area (TPSA) is 8.17 Å². The molecule has 0 amide bonds. The van der Waals surface area contributed by atoms with E-state index >= 15 is 0 Å². The zero-order valence-corrected chi connectivity index (χ0v) is 35.1. The van der Waals surface area contributed by atoms with Crippen LogP contribution in [0, 0.1) is 0 Å². The van der Waals surface area contributed by atoms with Crippen LogP contribution >= 0.6 is 0 Å². The Labute approximate surface area is 373 Å². The van der Waals surface area contributed by atoms with Crippen molar-refractivity contribution in [3.05, 3.63) is 255 Å². The van der Waals surface area contributed by atoms with Gasteiger partial charge < -0.3 is 9.47 Å². The van der Waals surface area contributed by atoms with Gasteiger partial charge in [-0.3, -0.25) is 0 Å². The molecule has 0 atom stereocenters. The zero-order valence-electron chi connectivity index (χ0n) is 35.1. The standard InChI is InChI=1S/C62H42N2/c1-3-14-49-40-52(30-28-43(49)12-1)47-26-24-45(25-27-47)46-32-36-54(37-33-46)63(60-21-8-5-18-57(60)53-31-29-44-13-2-4-15-50(44)41-53)55-38-34-48(35-39-55)51-16-11-17-56(42-51)64-61-22-9-6-19-58(61)59-20-7-10-23-62(59)64/h1-42H. The number of para-hydroxylation sites is 3. The van der Waals surface area contributed by atoms with Crippen LogP contribution in [0.5, 0.6) is 0 Å². The van der Waals surface area contributed by atoms with Crippen molar-refractivity contribution in [3.63, 3.8) is 0 Å². The lowest BCUT2D eigenvalue weighted by molar-refractivity contribution is 1.18. The molecular weight excluding hydrogens is 773 g/mol. The Morgan fingerprint density at radius 3 is 1.28 bits per heavy atom. The zero-order chi connectivity index (χ0) is 42.4. The summed E-state index contributed by atoms with van der Waals surface area (Å²) in [5.74, 6) is 0. The molecule has 0 unspecified atom stereocenters. The Balaban J connectivity index is 0.918. The van der Waals surface area contributed by atoms with Crippen LogP contribution in [0.1, 0.15) is 0 Å². The molecule has 0 N–H and O–H groups in total. The van der Waals surface area contributed by atoms with Gasteiger partial charge in [-0.25, -0.2) is 0 Å². The van der Waals surface area contributed by atoms with Gasteiger partial charge in [0.2, 0.25) is 0 Å². The van der Waals surface area contributed by atoms with E-state index in [4.69, 9.17) is 0 Å². The highest BCUT2D eigenvalue weighted by Crippen LogP contribution is 2.43. The number of benzene rings is 11. The fourth-order valence-electron chi connectivity index (χ4n) is 9.55. The van der Waals surface area contributed by atoms with Gasteiger partial charge >= 0.3 is 0 Å². The maximum Gasteiger partial charge on any atom is 0.0541 e. The first kappa shape index (κ1) is 37.3. The number of aromatic nitrogens is 1. The molecule has 0 saturated carbocycles. The van der Waals surface area contributed by atoms with Crippen molar-refractivity contribution in [2.45, 2.75) is 0 Å². The third-order valence-corrected chi connectivity index (χ3v) is 12.8. The van der Waals surface area contributed by atoms with E-state index in [0.717, 1.165) is 28.3 Å². The molecule has 2 heteroatoms. The van der Waals surface area contributed by atoms with Crippen LogP contribution in [0.3, 0.4) is 0 Å². The summed E-state index contributed by atoms with van der Waals surface area (Å²) in [5.41, 5.74) is 16.3. The van der Waals surface area contributed by atoms with Crippen molar-refractivity contribution >= 4 is 60.4 Å². The lowest BCUT2D eigenvalue weighted by atomic mass is 9.97. The molecule has 12 rings (SSSR count). The molecule has 1 aromatic heterocycles. The molecule has 11 aromatic carbocycles. The van der Waals surface area contributed by atoms with E-state index in [1.165, 1.54) is 82.3 Å². The molecule has 0 radical (unpaired) electrons. The highest BCUT2D eigenvalue weighted by molar-refractivity contribution is 6.09. The summed E-state index contributed by atoms with van der Waals surface area (Å²) in [6.45, 7) is 0. The Hall–Kier alpha value is -8.46. The molecule has 0 saturated heterocycles. The molecule has 0 fully saturated rings. The predicted molar refractivity (Wildman–Crippen MR) is 272 cm³/mol. The Kier molecular flexibility index (Phi) is 9.20. The van der Waals surface area contributed by atoms with Crippen LogP contribution in [0.15, 0.2) is 255 Å². The quantitative estimate of drug-likeness (QED) is 0.148. The maximum atomic E-state index is 2.40. The third-order valence-electron chi connectivity index (χ3n) is 12.8. The molecular formula is C62H42N2. The van der Waals surface area contributed by atoms with E-state index in [-0.39, 0.29) is 0 Å². The lowest BCUT2D eigenvalue weighted by Crippen LogP contribution is -2.11. The van der Waals surface area contributed by atoms with Crippen LogP contribution in [0.4, 0.5) is 17.1 Å². The molecule has 0 aliphatic heterocycles. The summed E-state index contributed by atoms with van der Waals surface area (Å²) in [6.07, 6.45) is 0. The largest absolute Gasteiger partial charge is 0.310 e. The normalized spacial score (nSPS) is 11.4. The second kappa shape index (κ2) is 15.8. The number of fused-ring (bicyclic) bond motifs is 5. The Morgan fingerprint density at radius 2 is 0.688 bits per heavy atom. The molecule has 64 heavy (non-hydrogen) atoms. The average molecular weight is 815 g/mol. The van der Waals surface area contributed by atoms with Crippen molar-refractivity contribution in [1.29, 1.82) is 0 Å². The maximum absolute atomic E-state index is 2.40. The monoisotopic (exact) mass is 814 g/mol. The molecule has 0 aliphatic rings. The predicted octanol–water partition coefficient (Wildman–Crippen LogP) is 17.2. The Bertz CT molecular complexity index is 3600. The summed E-state index contributed by atoms with van der Waals surface area (Å²) >= 11 is 0. The van der Waals surface area contributed by atoms with Gasteiger partial charge in [0.15, 0.2) is 0 Å². The van der Waals surface area contributed by atoms with E-state index in [1.807, 2.05) is 0 Å². The average Bonchev–Trinajstić information content (AvgIpc) is 3.71. The molecule has 1 heterocycles. The second-order valence-electron chi connectivity index (χ2n) is 16.6. The van der Waals surface area contributed by atoms with Crippen molar-refractivity contribution < 1.29 is 0 Å². The van der Waals surface area contributed by atoms with Gasteiger partial charge in [-0.15, -0.1) is 0 Å². The van der Waals surface area contributed by atoms with Crippen LogP contribution in [-0.4, -0.2) is 4.57 Å². The van der Waals surface area contributed by atoms with E-state index < -0.39 is 0 Å². The van der Waals surface area contributed by atoms with Crippen molar-refractivity contribution in [2.75, 3.05) is 4.90 Å². The minimum absolute atomic E-state index is 1.09. The highest BCUT2D eigenvalue weighted by atomic mass is 15.1. The first-order chi connectivity index (χ1) is 31.7. The van der Waals surface area contributed by atoms with Crippen molar-refractivity contribution in [1.82, 2.24) is 4.57 Å². The van der Waals surface area contributed by atoms with Gasteiger partial charge in [-0.2, -0.15) is 0 Å². The Morgan fingerprint density at radius 1 is 0.266 bits per heavy atom. The van der Waals surface area contributed by atoms with Gasteiger partial charge in [0.25, 0.3) is 0 Å². The van der Waals surface area contributed by atoms with E-state index in [0.29, 0.717) is 0 Å². The van der Waals surface area contributed by atoms with Crippen LogP contribution < -0.4 is 4.90 Å². The first-order valence-corrected chi connectivity index (χ1v) is 22.0. The summed E-state index contributed by atoms with van der Waals surface area (Å²) in [5, 5.41) is 7.50. The van der Waals surface area contributed by atoms with Gasteiger partial charge in [-0.05, 0) is 127 Å². The fourth-order valence-corrected chi connectivity index (χ4v) is 9.55. The van der Waals surface area contributed by atoms with Crippen molar-refractivity contribution in [3.8, 4) is 50.2 Å². The number of anilines is 3. The number of hydrogen-bond donors (Lipinski definition) is 0. The summed E-state index contributed by atoms with van der Waals surface area (Å²) < 4.78 is 2.39. The minimum Gasteiger partial charge on any atom is -0.310 e. The number of hydrogen-bond acceptors (Lipinski definition) is 1. The molecule has 0 spiro atoms. The summed E-state index contributed by atoms with van der Waals surface area (Å²) in [7, 11) is 0. The fraction of sp³-hybridized carbons (Fsp3) is 0. The number of nitrogens with zero attached hydrogens (tertiary/aromatic N) is 2. The van der Waals surface area contributed by atoms with Gasteiger partial charge in [0.05, 0.1) is 16.7 Å². The first-order valence-electron chi connectivity index (χ1n) is 22.0. The molecule has 2 nitrogen and oxygen atoms in total. The van der Waals surface area contributed by atoms with E-state index in [2.05, 4.69) is 264 Å². The minimum atomic E-state index is 1.09. The molecule has 12 aromatic rings. The van der Waals surface area contributed by atoms with Crippen LogP contribution in [-0.2, 0) is 0 Å². The summed E-state index contributed by atoms with van der Waals surface area (Å²) in [6, 6.07) is 92.7.